The number of rotatable bonds is 4. The van der Waals surface area contributed by atoms with Crippen molar-refractivity contribution >= 4 is 49.3 Å². The molecular formula is C44H26N4. The molecule has 7 aromatic carbocycles. The quantitative estimate of drug-likeness (QED) is 0.183. The third kappa shape index (κ3) is 4.07. The Hall–Kier alpha value is -6.88. The van der Waals surface area contributed by atoms with Gasteiger partial charge in [0.1, 0.15) is 6.07 Å². The van der Waals surface area contributed by atoms with Gasteiger partial charge in [-0.25, -0.2) is 4.85 Å². The second-order valence-electron chi connectivity index (χ2n) is 11.9. The van der Waals surface area contributed by atoms with Gasteiger partial charge in [0, 0.05) is 21.7 Å². The van der Waals surface area contributed by atoms with Gasteiger partial charge < -0.3 is 9.13 Å². The summed E-state index contributed by atoms with van der Waals surface area (Å²) in [6.45, 7) is 7.93. The highest BCUT2D eigenvalue weighted by Gasteiger charge is 2.18. The fourth-order valence-corrected chi connectivity index (χ4v) is 7.28. The minimum absolute atomic E-state index is 0.621. The van der Waals surface area contributed by atoms with E-state index in [1.807, 2.05) is 30.3 Å². The van der Waals surface area contributed by atoms with Gasteiger partial charge >= 0.3 is 0 Å². The molecule has 0 atom stereocenters. The van der Waals surface area contributed by atoms with Crippen molar-refractivity contribution in [2.75, 3.05) is 0 Å². The molecule has 2 heterocycles. The maximum absolute atomic E-state index is 10.4. The van der Waals surface area contributed by atoms with E-state index < -0.39 is 0 Å². The molecule has 0 unspecified atom stereocenters. The van der Waals surface area contributed by atoms with Gasteiger partial charge in [0.25, 0.3) is 0 Å². The topological polar surface area (TPSA) is 38.0 Å². The zero-order valence-electron chi connectivity index (χ0n) is 25.8. The van der Waals surface area contributed by atoms with Gasteiger partial charge in [-0.05, 0) is 58.5 Å². The first-order valence-corrected chi connectivity index (χ1v) is 15.9. The second kappa shape index (κ2) is 10.9. The highest BCUT2D eigenvalue weighted by Crippen LogP contribution is 2.40. The largest absolute Gasteiger partial charge is 0.318 e. The lowest BCUT2D eigenvalue weighted by atomic mass is 9.97. The van der Waals surface area contributed by atoms with E-state index in [-0.39, 0.29) is 0 Å². The van der Waals surface area contributed by atoms with Crippen LogP contribution in [-0.4, -0.2) is 9.13 Å². The minimum atomic E-state index is 0.621. The average molecular weight is 611 g/mol. The summed E-state index contributed by atoms with van der Waals surface area (Å²) >= 11 is 0. The Kier molecular flexibility index (Phi) is 6.22. The van der Waals surface area contributed by atoms with E-state index in [2.05, 4.69) is 147 Å². The monoisotopic (exact) mass is 610 g/mol. The molecule has 2 aromatic heterocycles. The second-order valence-corrected chi connectivity index (χ2v) is 11.9. The molecular weight excluding hydrogens is 585 g/mol. The van der Waals surface area contributed by atoms with Crippen molar-refractivity contribution in [2.24, 2.45) is 0 Å². The summed E-state index contributed by atoms with van der Waals surface area (Å²) in [7, 11) is 0. The summed E-state index contributed by atoms with van der Waals surface area (Å²) in [5, 5.41) is 14.9. The van der Waals surface area contributed by atoms with Crippen molar-refractivity contribution in [2.45, 2.75) is 0 Å². The average Bonchev–Trinajstić information content (AvgIpc) is 3.68. The van der Waals surface area contributed by atoms with Crippen LogP contribution in [0.25, 0.3) is 82.1 Å². The molecule has 48 heavy (non-hydrogen) atoms. The van der Waals surface area contributed by atoms with Crippen LogP contribution >= 0.6 is 0 Å². The van der Waals surface area contributed by atoms with Crippen molar-refractivity contribution in [3.05, 3.63) is 175 Å². The van der Waals surface area contributed by atoms with Gasteiger partial charge in [-0.15, -0.1) is 0 Å². The van der Waals surface area contributed by atoms with Gasteiger partial charge in [0.15, 0.2) is 0 Å². The Bertz CT molecular complexity index is 2750. The summed E-state index contributed by atoms with van der Waals surface area (Å²) in [6, 6.07) is 56.6. The van der Waals surface area contributed by atoms with E-state index in [4.69, 9.17) is 6.57 Å². The molecule has 0 aliphatic heterocycles. The van der Waals surface area contributed by atoms with Crippen molar-refractivity contribution in [1.82, 2.24) is 9.13 Å². The third-order valence-corrected chi connectivity index (χ3v) is 9.41. The van der Waals surface area contributed by atoms with Crippen LogP contribution in [0.4, 0.5) is 5.69 Å². The lowest BCUT2D eigenvalue weighted by Gasteiger charge is -2.15. The van der Waals surface area contributed by atoms with E-state index in [0.717, 1.165) is 66.5 Å². The fraction of sp³-hybridized carbons (Fsp3) is 0. The summed E-state index contributed by atoms with van der Waals surface area (Å²) in [5.41, 5.74) is 11.5. The molecule has 0 bridgehead atoms. The SMILES string of the molecule is [C-]#[N+]c1cccc2c3ccccc3n(-c3ccccc3-c3ccc(-c4ccc(-n5c6ccccc6c6ccccc65)c(C#N)c4)cc3)c12. The van der Waals surface area contributed by atoms with Gasteiger partial charge in [0.05, 0.1) is 45.6 Å². The lowest BCUT2D eigenvalue weighted by molar-refractivity contribution is 1.17. The Morgan fingerprint density at radius 3 is 1.69 bits per heavy atom. The molecule has 0 aliphatic carbocycles. The van der Waals surface area contributed by atoms with Crippen LogP contribution < -0.4 is 0 Å². The number of nitrogens with zero attached hydrogens (tertiary/aromatic N) is 4. The normalized spacial score (nSPS) is 11.3. The predicted molar refractivity (Wildman–Crippen MR) is 197 cm³/mol. The number of hydrogen-bond donors (Lipinski definition) is 0. The number of hydrogen-bond acceptors (Lipinski definition) is 1. The maximum atomic E-state index is 10.4. The minimum Gasteiger partial charge on any atom is -0.318 e. The van der Waals surface area contributed by atoms with E-state index >= 15 is 0 Å². The zero-order valence-corrected chi connectivity index (χ0v) is 25.8. The number of benzene rings is 7. The molecule has 0 saturated heterocycles. The smallest absolute Gasteiger partial charge is 0.211 e. The van der Waals surface area contributed by atoms with Gasteiger partial charge in [-0.1, -0.05) is 121 Å². The Morgan fingerprint density at radius 1 is 0.479 bits per heavy atom. The molecule has 0 saturated carbocycles. The number of fused-ring (bicyclic) bond motifs is 6. The molecule has 222 valence electrons. The molecule has 9 rings (SSSR count). The van der Waals surface area contributed by atoms with Crippen molar-refractivity contribution in [3.63, 3.8) is 0 Å². The van der Waals surface area contributed by atoms with Crippen LogP contribution in [0.3, 0.4) is 0 Å². The third-order valence-electron chi connectivity index (χ3n) is 9.41. The van der Waals surface area contributed by atoms with Crippen molar-refractivity contribution < 1.29 is 0 Å². The highest BCUT2D eigenvalue weighted by molar-refractivity contribution is 6.14. The molecule has 0 amide bonds. The predicted octanol–water partition coefficient (Wildman–Crippen LogP) is 11.6. The molecule has 4 nitrogen and oxygen atoms in total. The molecule has 9 aromatic rings. The van der Waals surface area contributed by atoms with Crippen LogP contribution in [0.2, 0.25) is 0 Å². The summed E-state index contributed by atoms with van der Waals surface area (Å²) in [5.74, 6) is 0. The van der Waals surface area contributed by atoms with Crippen LogP contribution in [0.15, 0.2) is 158 Å². The first-order chi connectivity index (χ1) is 23.7. The Balaban J connectivity index is 1.15. The van der Waals surface area contributed by atoms with E-state index in [0.29, 0.717) is 11.3 Å². The van der Waals surface area contributed by atoms with Gasteiger partial charge in [0.2, 0.25) is 5.69 Å². The fourth-order valence-electron chi connectivity index (χ4n) is 7.28. The van der Waals surface area contributed by atoms with Gasteiger partial charge in [-0.3, -0.25) is 0 Å². The van der Waals surface area contributed by atoms with E-state index in [9.17, 15) is 5.26 Å². The lowest BCUT2D eigenvalue weighted by Crippen LogP contribution is -1.98. The first kappa shape index (κ1) is 27.4. The van der Waals surface area contributed by atoms with Crippen LogP contribution in [0, 0.1) is 17.9 Å². The first-order valence-electron chi connectivity index (χ1n) is 15.9. The van der Waals surface area contributed by atoms with Crippen LogP contribution in [-0.2, 0) is 0 Å². The summed E-state index contributed by atoms with van der Waals surface area (Å²) in [4.78, 5) is 3.90. The van der Waals surface area contributed by atoms with Crippen LogP contribution in [0.5, 0.6) is 0 Å². The molecule has 0 fully saturated rings. The van der Waals surface area contributed by atoms with Crippen LogP contribution in [0.1, 0.15) is 5.56 Å². The summed E-state index contributed by atoms with van der Waals surface area (Å²) < 4.78 is 4.43. The van der Waals surface area contributed by atoms with E-state index in [1.165, 1.54) is 10.8 Å². The standard InChI is InChI=1S/C44H26N4/c1-46-38-16-10-15-37-36-14-5-9-20-43(36)48(44(37)38)40-17-6-2-11-33(40)30-23-21-29(22-24-30)31-25-26-39(32(27-31)28-45)47-41-18-7-3-12-34(41)35-13-4-8-19-42(35)47/h2-27H. The molecule has 4 heteroatoms. The molecule has 0 radical (unpaired) electrons. The molecule has 0 N–H and O–H groups in total. The zero-order chi connectivity index (χ0) is 32.2. The van der Waals surface area contributed by atoms with Gasteiger partial charge in [-0.2, -0.15) is 5.26 Å². The number of aromatic nitrogens is 2. The summed E-state index contributed by atoms with van der Waals surface area (Å²) in [6.07, 6.45) is 0. The Labute approximate surface area is 277 Å². The number of para-hydroxylation sites is 5. The van der Waals surface area contributed by atoms with Crippen molar-refractivity contribution in [3.8, 4) is 39.7 Å². The number of nitriles is 1. The maximum Gasteiger partial charge on any atom is 0.211 e. The van der Waals surface area contributed by atoms with Crippen molar-refractivity contribution in [1.29, 1.82) is 5.26 Å². The van der Waals surface area contributed by atoms with E-state index in [1.54, 1.807) is 0 Å². The Morgan fingerprint density at radius 2 is 1.02 bits per heavy atom. The molecule has 0 aliphatic rings. The molecule has 0 spiro atoms. The highest BCUT2D eigenvalue weighted by atomic mass is 15.0.